The summed E-state index contributed by atoms with van der Waals surface area (Å²) < 4.78 is 5.07. The van der Waals surface area contributed by atoms with E-state index >= 15 is 0 Å². The third-order valence-electron chi connectivity index (χ3n) is 3.74. The third-order valence-corrected chi connectivity index (χ3v) is 4.50. The molecule has 1 aliphatic rings. The summed E-state index contributed by atoms with van der Waals surface area (Å²) >= 11 is 1.62. The van der Waals surface area contributed by atoms with Crippen LogP contribution in [0.5, 0.6) is 0 Å². The van der Waals surface area contributed by atoms with Gasteiger partial charge in [-0.3, -0.25) is 9.69 Å². The molecule has 1 saturated heterocycles. The van der Waals surface area contributed by atoms with Gasteiger partial charge in [0.2, 0.25) is 0 Å². The number of ether oxygens (including phenoxy) is 1. The fourth-order valence-corrected chi connectivity index (χ4v) is 3.33. The second-order valence-corrected chi connectivity index (χ2v) is 6.05. The highest BCUT2D eigenvalue weighted by molar-refractivity contribution is 7.09. The lowest BCUT2D eigenvalue weighted by molar-refractivity contribution is -0.154. The zero-order valence-corrected chi connectivity index (χ0v) is 12.0. The topological polar surface area (TPSA) is 62.7 Å². The Hall–Kier alpha value is -0.980. The molecule has 19 heavy (non-hydrogen) atoms. The van der Waals surface area contributed by atoms with Gasteiger partial charge >= 0.3 is 5.97 Å². The number of aliphatic carboxylic acids is 1. The van der Waals surface area contributed by atoms with Crippen molar-refractivity contribution in [2.45, 2.75) is 25.8 Å². The Labute approximate surface area is 117 Å². The largest absolute Gasteiger partial charge is 0.481 e. The molecular formula is C13H20N2O3S. The van der Waals surface area contributed by atoms with Crippen molar-refractivity contribution in [1.29, 1.82) is 0 Å². The highest BCUT2D eigenvalue weighted by Crippen LogP contribution is 2.34. The summed E-state index contributed by atoms with van der Waals surface area (Å²) in [6, 6.07) is 0. The lowest BCUT2D eigenvalue weighted by atomic mass is 9.77. The maximum atomic E-state index is 11.6. The van der Waals surface area contributed by atoms with Crippen LogP contribution in [0.3, 0.4) is 0 Å². The van der Waals surface area contributed by atoms with E-state index in [9.17, 15) is 9.90 Å². The van der Waals surface area contributed by atoms with Crippen molar-refractivity contribution < 1.29 is 14.6 Å². The first-order chi connectivity index (χ1) is 9.16. The molecule has 2 heterocycles. The fraction of sp³-hybridized carbons (Fsp3) is 0.692. The summed E-state index contributed by atoms with van der Waals surface area (Å²) in [4.78, 5) is 18.1. The molecule has 0 saturated carbocycles. The zero-order valence-electron chi connectivity index (χ0n) is 11.2. The Morgan fingerprint density at radius 1 is 1.68 bits per heavy atom. The van der Waals surface area contributed by atoms with Gasteiger partial charge in [-0.15, -0.1) is 11.3 Å². The van der Waals surface area contributed by atoms with E-state index in [0.29, 0.717) is 19.6 Å². The first kappa shape index (κ1) is 14.4. The number of nitrogens with zero attached hydrogens (tertiary/aromatic N) is 2. The number of thiazole rings is 1. The smallest absolute Gasteiger partial charge is 0.311 e. The highest BCUT2D eigenvalue weighted by atomic mass is 32.1. The average Bonchev–Trinajstić information content (AvgIpc) is 2.89. The lowest BCUT2D eigenvalue weighted by Crippen LogP contribution is -2.48. The van der Waals surface area contributed by atoms with Crippen molar-refractivity contribution in [3.8, 4) is 0 Å². The summed E-state index contributed by atoms with van der Waals surface area (Å²) in [7, 11) is 1.62. The molecule has 1 aromatic rings. The molecule has 0 aromatic carbocycles. The van der Waals surface area contributed by atoms with Crippen LogP contribution in [0.4, 0.5) is 0 Å². The van der Waals surface area contributed by atoms with E-state index in [4.69, 9.17) is 4.74 Å². The minimum Gasteiger partial charge on any atom is -0.481 e. The molecule has 0 bridgehead atoms. The van der Waals surface area contributed by atoms with Crippen LogP contribution in [-0.2, 0) is 16.1 Å². The van der Waals surface area contributed by atoms with Crippen molar-refractivity contribution in [3.05, 3.63) is 16.6 Å². The van der Waals surface area contributed by atoms with E-state index < -0.39 is 11.4 Å². The number of methoxy groups -OCH3 is 1. The van der Waals surface area contributed by atoms with Crippen molar-refractivity contribution in [3.63, 3.8) is 0 Å². The van der Waals surface area contributed by atoms with Crippen molar-refractivity contribution >= 4 is 17.3 Å². The van der Waals surface area contributed by atoms with Gasteiger partial charge < -0.3 is 9.84 Å². The molecule has 1 N–H and O–H groups in total. The first-order valence-electron chi connectivity index (χ1n) is 6.49. The van der Waals surface area contributed by atoms with E-state index in [2.05, 4.69) is 9.88 Å². The molecule has 0 aliphatic carbocycles. The second kappa shape index (κ2) is 6.45. The van der Waals surface area contributed by atoms with E-state index in [1.807, 2.05) is 5.38 Å². The van der Waals surface area contributed by atoms with Gasteiger partial charge in [0.1, 0.15) is 5.01 Å². The fourth-order valence-electron chi connectivity index (χ4n) is 2.67. The van der Waals surface area contributed by atoms with Crippen LogP contribution in [0.15, 0.2) is 11.6 Å². The summed E-state index contributed by atoms with van der Waals surface area (Å²) in [5, 5.41) is 12.6. The maximum Gasteiger partial charge on any atom is 0.311 e. The quantitative estimate of drug-likeness (QED) is 0.863. The molecule has 1 aromatic heterocycles. The average molecular weight is 284 g/mol. The molecule has 106 valence electrons. The molecule has 1 atom stereocenters. The van der Waals surface area contributed by atoms with E-state index in [0.717, 1.165) is 30.9 Å². The third kappa shape index (κ3) is 3.52. The van der Waals surface area contributed by atoms with Gasteiger partial charge in [0.25, 0.3) is 0 Å². The van der Waals surface area contributed by atoms with E-state index in [1.54, 1.807) is 24.6 Å². The highest BCUT2D eigenvalue weighted by Gasteiger charge is 2.42. The number of hydrogen-bond acceptors (Lipinski definition) is 5. The molecule has 1 aliphatic heterocycles. The van der Waals surface area contributed by atoms with Crippen molar-refractivity contribution in [2.75, 3.05) is 26.8 Å². The van der Waals surface area contributed by atoms with Gasteiger partial charge in [0.15, 0.2) is 0 Å². The standard InChI is InChI=1S/C13H20N2O3S/c1-18-7-4-13(12(16)17)3-2-6-15(10-13)9-11-14-5-8-19-11/h5,8H,2-4,6-7,9-10H2,1H3,(H,16,17)/t13-/m0/s1. The SMILES string of the molecule is COCC[C@@]1(C(=O)O)CCCN(Cc2nccs2)C1. The van der Waals surface area contributed by atoms with Crippen LogP contribution in [0.25, 0.3) is 0 Å². The zero-order chi connectivity index (χ0) is 13.7. The van der Waals surface area contributed by atoms with Crippen LogP contribution in [0.1, 0.15) is 24.3 Å². The molecule has 6 heteroatoms. The first-order valence-corrected chi connectivity index (χ1v) is 7.37. The molecule has 0 spiro atoms. The number of piperidine rings is 1. The Morgan fingerprint density at radius 2 is 2.53 bits per heavy atom. The summed E-state index contributed by atoms with van der Waals surface area (Å²) in [6.45, 7) is 2.78. The number of aromatic nitrogens is 1. The Bertz CT molecular complexity index is 410. The number of rotatable bonds is 6. The van der Waals surface area contributed by atoms with Gasteiger partial charge in [-0.1, -0.05) is 0 Å². The predicted octanol–water partition coefficient (Wildman–Crippen LogP) is 1.85. The maximum absolute atomic E-state index is 11.6. The summed E-state index contributed by atoms with van der Waals surface area (Å²) in [5.41, 5.74) is -0.661. The molecule has 2 rings (SSSR count). The Morgan fingerprint density at radius 3 is 3.16 bits per heavy atom. The minimum atomic E-state index is -0.701. The van der Waals surface area contributed by atoms with Gasteiger partial charge in [0, 0.05) is 31.8 Å². The van der Waals surface area contributed by atoms with E-state index in [-0.39, 0.29) is 0 Å². The predicted molar refractivity (Wildman–Crippen MR) is 73.2 cm³/mol. The number of carboxylic acids is 1. The number of carbonyl (C=O) groups is 1. The van der Waals surface area contributed by atoms with E-state index in [1.165, 1.54) is 0 Å². The molecular weight excluding hydrogens is 264 g/mol. The Kier molecular flexibility index (Phi) is 4.90. The molecule has 1 fully saturated rings. The monoisotopic (exact) mass is 284 g/mol. The summed E-state index contributed by atoms with van der Waals surface area (Å²) in [5.74, 6) is -0.701. The number of likely N-dealkylation sites (tertiary alicyclic amines) is 1. The second-order valence-electron chi connectivity index (χ2n) is 5.07. The normalized spacial score (nSPS) is 24.5. The number of hydrogen-bond donors (Lipinski definition) is 1. The molecule has 5 nitrogen and oxygen atoms in total. The molecule has 0 amide bonds. The van der Waals surface area contributed by atoms with Crippen molar-refractivity contribution in [2.24, 2.45) is 5.41 Å². The minimum absolute atomic E-state index is 0.497. The Balaban J connectivity index is 2.02. The molecule has 0 radical (unpaired) electrons. The summed E-state index contributed by atoms with van der Waals surface area (Å²) in [6.07, 6.45) is 4.02. The van der Waals surface area contributed by atoms with Gasteiger partial charge in [-0.05, 0) is 25.8 Å². The van der Waals surface area contributed by atoms with Gasteiger partial charge in [0.05, 0.1) is 12.0 Å². The molecule has 0 unspecified atom stereocenters. The van der Waals surface area contributed by atoms with Crippen LogP contribution in [0, 0.1) is 5.41 Å². The number of carboxylic acid groups (broad SMARTS) is 1. The van der Waals surface area contributed by atoms with Gasteiger partial charge in [-0.2, -0.15) is 0 Å². The lowest BCUT2D eigenvalue weighted by Gasteiger charge is -2.39. The van der Waals surface area contributed by atoms with Crippen molar-refractivity contribution in [1.82, 2.24) is 9.88 Å². The van der Waals surface area contributed by atoms with Crippen LogP contribution >= 0.6 is 11.3 Å². The van der Waals surface area contributed by atoms with Crippen LogP contribution in [-0.4, -0.2) is 47.8 Å². The van der Waals surface area contributed by atoms with Gasteiger partial charge in [-0.25, -0.2) is 4.98 Å². The van der Waals surface area contributed by atoms with Crippen LogP contribution in [0.2, 0.25) is 0 Å². The van der Waals surface area contributed by atoms with Crippen LogP contribution < -0.4 is 0 Å².